The van der Waals surface area contributed by atoms with Gasteiger partial charge in [0, 0.05) is 22.8 Å². The number of hydrogen-bond donors (Lipinski definition) is 3. The van der Waals surface area contributed by atoms with Gasteiger partial charge in [0.1, 0.15) is 24.5 Å². The quantitative estimate of drug-likeness (QED) is 0.520. The zero-order valence-electron chi connectivity index (χ0n) is 9.45. The van der Waals surface area contributed by atoms with Crippen molar-refractivity contribution < 1.29 is 14.9 Å². The summed E-state index contributed by atoms with van der Waals surface area (Å²) in [6, 6.07) is 0. The molecule has 2 heterocycles. The van der Waals surface area contributed by atoms with Crippen LogP contribution in [0, 0.1) is 3.57 Å². The molecule has 0 spiro atoms. The number of fused-ring (bicyclic) bond motifs is 1. The number of aliphatic hydroxyl groups is 2. The average molecular weight is 364 g/mol. The van der Waals surface area contributed by atoms with Gasteiger partial charge in [-0.25, -0.2) is 9.97 Å². The van der Waals surface area contributed by atoms with Gasteiger partial charge in [-0.2, -0.15) is 0 Å². The van der Waals surface area contributed by atoms with Crippen LogP contribution >= 0.6 is 22.6 Å². The Morgan fingerprint density at radius 3 is 3.00 bits per heavy atom. The molecule has 0 radical (unpaired) electrons. The predicted molar refractivity (Wildman–Crippen MR) is 73.5 cm³/mol. The third-order valence-electron chi connectivity index (χ3n) is 2.42. The number of aliphatic hydroxyl groups excluding tert-OH is 2. The average Bonchev–Trinajstić information content (AvgIpc) is 2.65. The van der Waals surface area contributed by atoms with E-state index in [1.807, 2.05) is 6.20 Å². The lowest BCUT2D eigenvalue weighted by Gasteiger charge is -2.11. The standard InChI is InChI=1S/C10H13IN4O3/c11-6-3-15(5-18-7(17)1-2-16)10-8(6)9(12)13-4-14-10/h3-4,7,16-17H,1-2,5H2,(H2,12,13,14). The van der Waals surface area contributed by atoms with Crippen LogP contribution in [-0.2, 0) is 11.5 Å². The van der Waals surface area contributed by atoms with Crippen LogP contribution in [0.25, 0.3) is 11.0 Å². The minimum absolute atomic E-state index is 0.125. The van der Waals surface area contributed by atoms with Gasteiger partial charge in [0.15, 0.2) is 6.29 Å². The number of nitrogens with two attached hydrogens (primary N) is 1. The lowest BCUT2D eigenvalue weighted by Crippen LogP contribution is -2.16. The van der Waals surface area contributed by atoms with E-state index in [2.05, 4.69) is 32.6 Å². The van der Waals surface area contributed by atoms with Crippen LogP contribution < -0.4 is 5.73 Å². The molecule has 1 atom stereocenters. The molecule has 0 saturated heterocycles. The Morgan fingerprint density at radius 1 is 1.50 bits per heavy atom. The molecule has 0 fully saturated rings. The highest BCUT2D eigenvalue weighted by Crippen LogP contribution is 2.25. The summed E-state index contributed by atoms with van der Waals surface area (Å²) in [5.74, 6) is 0.416. The molecule has 0 aliphatic heterocycles. The maximum Gasteiger partial charge on any atom is 0.159 e. The number of rotatable bonds is 5. The van der Waals surface area contributed by atoms with E-state index in [0.29, 0.717) is 11.5 Å². The molecule has 0 bridgehead atoms. The molecule has 8 heteroatoms. The fraction of sp³-hybridized carbons (Fsp3) is 0.400. The van der Waals surface area contributed by atoms with Crippen LogP contribution in [0.1, 0.15) is 6.42 Å². The molecule has 0 aliphatic carbocycles. The van der Waals surface area contributed by atoms with Crippen molar-refractivity contribution in [3.8, 4) is 0 Å². The minimum Gasteiger partial charge on any atom is -0.396 e. The van der Waals surface area contributed by atoms with Gasteiger partial charge in [0.05, 0.1) is 5.39 Å². The minimum atomic E-state index is -0.996. The number of anilines is 1. The maximum absolute atomic E-state index is 9.39. The Bertz CT molecular complexity index is 545. The summed E-state index contributed by atoms with van der Waals surface area (Å²) < 4.78 is 7.83. The molecule has 4 N–H and O–H groups in total. The fourth-order valence-electron chi connectivity index (χ4n) is 1.56. The van der Waals surface area contributed by atoms with Crippen molar-refractivity contribution in [3.05, 3.63) is 16.1 Å². The van der Waals surface area contributed by atoms with Crippen molar-refractivity contribution >= 4 is 39.4 Å². The molecular formula is C10H13IN4O3. The molecule has 98 valence electrons. The first-order valence-corrected chi connectivity index (χ1v) is 6.36. The third kappa shape index (κ3) is 2.71. The van der Waals surface area contributed by atoms with Crippen molar-refractivity contribution in [2.75, 3.05) is 12.3 Å². The molecule has 2 aromatic heterocycles. The van der Waals surface area contributed by atoms with Crippen LogP contribution in [0.2, 0.25) is 0 Å². The first-order chi connectivity index (χ1) is 8.63. The van der Waals surface area contributed by atoms with Crippen LogP contribution in [-0.4, -0.2) is 37.6 Å². The van der Waals surface area contributed by atoms with Crippen molar-refractivity contribution in [3.63, 3.8) is 0 Å². The highest BCUT2D eigenvalue weighted by molar-refractivity contribution is 14.1. The summed E-state index contributed by atoms with van der Waals surface area (Å²) in [7, 11) is 0. The molecule has 0 amide bonds. The highest BCUT2D eigenvalue weighted by Gasteiger charge is 2.12. The fourth-order valence-corrected chi connectivity index (χ4v) is 2.41. The molecule has 0 aliphatic rings. The number of ether oxygens (including phenoxy) is 1. The Labute approximate surface area is 117 Å². The van der Waals surface area contributed by atoms with Crippen molar-refractivity contribution in [2.45, 2.75) is 19.4 Å². The van der Waals surface area contributed by atoms with Crippen LogP contribution in [0.5, 0.6) is 0 Å². The van der Waals surface area contributed by atoms with Crippen molar-refractivity contribution in [1.82, 2.24) is 14.5 Å². The number of nitrogen functional groups attached to an aromatic ring is 1. The molecule has 7 nitrogen and oxygen atoms in total. The van der Waals surface area contributed by atoms with E-state index >= 15 is 0 Å². The van der Waals surface area contributed by atoms with Gasteiger partial charge < -0.3 is 25.3 Å². The van der Waals surface area contributed by atoms with Gasteiger partial charge in [-0.1, -0.05) is 0 Å². The summed E-state index contributed by atoms with van der Waals surface area (Å²) in [5.41, 5.74) is 6.44. The second-order valence-corrected chi connectivity index (χ2v) is 4.83. The van der Waals surface area contributed by atoms with Gasteiger partial charge in [-0.15, -0.1) is 0 Å². The van der Waals surface area contributed by atoms with E-state index in [4.69, 9.17) is 15.6 Å². The molecule has 2 aromatic rings. The van der Waals surface area contributed by atoms with E-state index in [-0.39, 0.29) is 19.8 Å². The Morgan fingerprint density at radius 2 is 2.28 bits per heavy atom. The van der Waals surface area contributed by atoms with Gasteiger partial charge >= 0.3 is 0 Å². The number of nitrogens with zero attached hydrogens (tertiary/aromatic N) is 3. The molecule has 18 heavy (non-hydrogen) atoms. The molecule has 0 saturated carbocycles. The predicted octanol–water partition coefficient (Wildman–Crippen LogP) is 0.293. The van der Waals surface area contributed by atoms with Gasteiger partial charge in [-0.3, -0.25) is 0 Å². The van der Waals surface area contributed by atoms with E-state index in [0.717, 1.165) is 8.96 Å². The summed E-state index contributed by atoms with van der Waals surface area (Å²) >= 11 is 2.14. The Kier molecular flexibility index (Phi) is 4.32. The molecule has 2 rings (SSSR count). The smallest absolute Gasteiger partial charge is 0.159 e. The zero-order chi connectivity index (χ0) is 13.1. The van der Waals surface area contributed by atoms with E-state index < -0.39 is 6.29 Å². The summed E-state index contributed by atoms with van der Waals surface area (Å²) in [6.07, 6.45) is 2.38. The molecular weight excluding hydrogens is 351 g/mol. The largest absolute Gasteiger partial charge is 0.396 e. The second-order valence-electron chi connectivity index (χ2n) is 3.67. The summed E-state index contributed by atoms with van der Waals surface area (Å²) in [4.78, 5) is 8.07. The van der Waals surface area contributed by atoms with Crippen molar-refractivity contribution in [2.24, 2.45) is 0 Å². The lowest BCUT2D eigenvalue weighted by molar-refractivity contribution is -0.132. The lowest BCUT2D eigenvalue weighted by atomic mass is 10.4. The highest BCUT2D eigenvalue weighted by atomic mass is 127. The van der Waals surface area contributed by atoms with Crippen LogP contribution in [0.3, 0.4) is 0 Å². The summed E-state index contributed by atoms with van der Waals surface area (Å²) in [6.45, 7) is 0.0113. The first kappa shape index (κ1) is 13.5. The van der Waals surface area contributed by atoms with Gasteiger partial charge in [0.25, 0.3) is 0 Å². The Balaban J connectivity index is 2.22. The first-order valence-electron chi connectivity index (χ1n) is 5.29. The monoisotopic (exact) mass is 364 g/mol. The topological polar surface area (TPSA) is 106 Å². The van der Waals surface area contributed by atoms with Crippen LogP contribution in [0.15, 0.2) is 12.5 Å². The van der Waals surface area contributed by atoms with Crippen LogP contribution in [0.4, 0.5) is 5.82 Å². The third-order valence-corrected chi connectivity index (χ3v) is 3.24. The number of halogens is 1. The van der Waals surface area contributed by atoms with E-state index in [1.54, 1.807) is 4.57 Å². The molecule has 1 unspecified atom stereocenters. The summed E-state index contributed by atoms with van der Waals surface area (Å²) in [5, 5.41) is 18.8. The zero-order valence-corrected chi connectivity index (χ0v) is 11.6. The van der Waals surface area contributed by atoms with Gasteiger partial charge in [-0.05, 0) is 22.6 Å². The van der Waals surface area contributed by atoms with Gasteiger partial charge in [0.2, 0.25) is 0 Å². The Hall–Kier alpha value is -0.970. The number of hydrogen-bond acceptors (Lipinski definition) is 6. The number of aromatic nitrogens is 3. The van der Waals surface area contributed by atoms with E-state index in [9.17, 15) is 5.11 Å². The normalized spacial score (nSPS) is 13.1. The second kappa shape index (κ2) is 5.78. The SMILES string of the molecule is Nc1ncnc2c1c(I)cn2COC(O)CCO. The maximum atomic E-state index is 9.39. The van der Waals surface area contributed by atoms with E-state index in [1.165, 1.54) is 6.33 Å². The molecule has 0 aromatic carbocycles. The van der Waals surface area contributed by atoms with Crippen molar-refractivity contribution in [1.29, 1.82) is 0 Å².